The Morgan fingerprint density at radius 3 is 2.62 bits per heavy atom. The van der Waals surface area contributed by atoms with E-state index in [0.29, 0.717) is 0 Å². The molecule has 1 saturated heterocycles. The van der Waals surface area contributed by atoms with Crippen molar-refractivity contribution in [3.63, 3.8) is 0 Å². The predicted molar refractivity (Wildman–Crippen MR) is 55.8 cm³/mol. The highest BCUT2D eigenvalue weighted by atomic mass is 15.2. The van der Waals surface area contributed by atoms with Crippen LogP contribution in [0.2, 0.25) is 0 Å². The SMILES string of the molecule is CNC1CCC(N2CC[C@H](C)C2)C1. The molecule has 1 aliphatic carbocycles. The van der Waals surface area contributed by atoms with Crippen LogP contribution in [0.15, 0.2) is 0 Å². The number of hydrogen-bond acceptors (Lipinski definition) is 2. The van der Waals surface area contributed by atoms with E-state index < -0.39 is 0 Å². The fraction of sp³-hybridized carbons (Fsp3) is 1.00. The smallest absolute Gasteiger partial charge is 0.0111 e. The molecule has 0 aromatic heterocycles. The Morgan fingerprint density at radius 1 is 1.23 bits per heavy atom. The standard InChI is InChI=1S/C11H22N2/c1-9-5-6-13(8-9)11-4-3-10(7-11)12-2/h9-12H,3-8H2,1-2H3/t9-,10?,11?/m0/s1. The highest BCUT2D eigenvalue weighted by Crippen LogP contribution is 2.28. The monoisotopic (exact) mass is 182 g/mol. The lowest BCUT2D eigenvalue weighted by atomic mass is 10.2. The Hall–Kier alpha value is -0.0800. The minimum atomic E-state index is 0.793. The molecule has 0 aromatic carbocycles. The van der Waals surface area contributed by atoms with Gasteiger partial charge in [0.15, 0.2) is 0 Å². The van der Waals surface area contributed by atoms with Gasteiger partial charge in [-0.2, -0.15) is 0 Å². The second kappa shape index (κ2) is 3.97. The van der Waals surface area contributed by atoms with Gasteiger partial charge < -0.3 is 10.2 Å². The molecule has 1 aliphatic heterocycles. The van der Waals surface area contributed by atoms with Crippen LogP contribution in [0.1, 0.15) is 32.6 Å². The summed E-state index contributed by atoms with van der Waals surface area (Å²) in [5, 5.41) is 3.40. The summed E-state index contributed by atoms with van der Waals surface area (Å²) in [6, 6.07) is 1.68. The zero-order chi connectivity index (χ0) is 9.26. The van der Waals surface area contributed by atoms with Gasteiger partial charge in [0.2, 0.25) is 0 Å². The fourth-order valence-corrected chi connectivity index (χ4v) is 2.85. The molecule has 2 rings (SSSR count). The van der Waals surface area contributed by atoms with Gasteiger partial charge in [-0.1, -0.05) is 6.92 Å². The minimum absolute atomic E-state index is 0.793. The van der Waals surface area contributed by atoms with Crippen LogP contribution in [0.5, 0.6) is 0 Å². The highest BCUT2D eigenvalue weighted by molar-refractivity contribution is 4.88. The van der Waals surface area contributed by atoms with Gasteiger partial charge in [0.05, 0.1) is 0 Å². The Labute approximate surface area is 81.7 Å². The van der Waals surface area contributed by atoms with E-state index >= 15 is 0 Å². The maximum Gasteiger partial charge on any atom is 0.0111 e. The van der Waals surface area contributed by atoms with E-state index in [1.54, 1.807) is 0 Å². The average Bonchev–Trinajstić information content (AvgIpc) is 2.71. The van der Waals surface area contributed by atoms with Crippen molar-refractivity contribution in [2.75, 3.05) is 20.1 Å². The third-order valence-electron chi connectivity index (χ3n) is 3.78. The molecule has 0 spiro atoms. The van der Waals surface area contributed by atoms with Gasteiger partial charge in [-0.15, -0.1) is 0 Å². The molecule has 13 heavy (non-hydrogen) atoms. The minimum Gasteiger partial charge on any atom is -0.317 e. The van der Waals surface area contributed by atoms with Gasteiger partial charge >= 0.3 is 0 Å². The second-order valence-corrected chi connectivity index (χ2v) is 4.84. The molecule has 2 aliphatic rings. The zero-order valence-electron chi connectivity index (χ0n) is 8.92. The molecule has 1 saturated carbocycles. The van der Waals surface area contributed by atoms with Crippen LogP contribution in [0.4, 0.5) is 0 Å². The summed E-state index contributed by atoms with van der Waals surface area (Å²) in [6.45, 7) is 5.08. The normalized spacial score (nSPS) is 41.5. The molecular weight excluding hydrogens is 160 g/mol. The van der Waals surface area contributed by atoms with Gasteiger partial charge in [-0.05, 0) is 45.2 Å². The molecule has 2 fully saturated rings. The zero-order valence-corrected chi connectivity index (χ0v) is 8.92. The van der Waals surface area contributed by atoms with E-state index in [1.165, 1.54) is 38.8 Å². The molecule has 1 heterocycles. The first kappa shape index (κ1) is 9.47. The number of rotatable bonds is 2. The lowest BCUT2D eigenvalue weighted by Gasteiger charge is -2.23. The molecule has 0 aromatic rings. The Kier molecular flexibility index (Phi) is 2.89. The molecule has 0 radical (unpaired) electrons. The first-order valence-electron chi connectivity index (χ1n) is 5.71. The number of likely N-dealkylation sites (tertiary alicyclic amines) is 1. The van der Waals surface area contributed by atoms with E-state index in [9.17, 15) is 0 Å². The summed E-state index contributed by atoms with van der Waals surface area (Å²) < 4.78 is 0. The van der Waals surface area contributed by atoms with Crippen LogP contribution in [0, 0.1) is 5.92 Å². The summed E-state index contributed by atoms with van der Waals surface area (Å²) in [5.74, 6) is 0.939. The van der Waals surface area contributed by atoms with E-state index in [2.05, 4.69) is 24.2 Å². The Morgan fingerprint density at radius 2 is 2.08 bits per heavy atom. The predicted octanol–water partition coefficient (Wildman–Crippen LogP) is 1.47. The Balaban J connectivity index is 1.82. The molecule has 1 N–H and O–H groups in total. The van der Waals surface area contributed by atoms with Gasteiger partial charge in [-0.3, -0.25) is 0 Å². The second-order valence-electron chi connectivity index (χ2n) is 4.84. The van der Waals surface area contributed by atoms with Crippen molar-refractivity contribution in [1.82, 2.24) is 10.2 Å². The first-order chi connectivity index (χ1) is 6.29. The topological polar surface area (TPSA) is 15.3 Å². The van der Waals surface area contributed by atoms with Gasteiger partial charge in [0.25, 0.3) is 0 Å². The van der Waals surface area contributed by atoms with Crippen LogP contribution in [0.3, 0.4) is 0 Å². The number of nitrogens with zero attached hydrogens (tertiary/aromatic N) is 1. The average molecular weight is 182 g/mol. The quantitative estimate of drug-likeness (QED) is 0.695. The van der Waals surface area contributed by atoms with Crippen molar-refractivity contribution in [2.45, 2.75) is 44.7 Å². The van der Waals surface area contributed by atoms with E-state index in [0.717, 1.165) is 18.0 Å². The van der Waals surface area contributed by atoms with Crippen LogP contribution in [0.25, 0.3) is 0 Å². The van der Waals surface area contributed by atoms with E-state index in [1.807, 2.05) is 0 Å². The van der Waals surface area contributed by atoms with Crippen molar-refractivity contribution in [1.29, 1.82) is 0 Å². The highest BCUT2D eigenvalue weighted by Gasteiger charge is 2.31. The maximum absolute atomic E-state index is 3.40. The third kappa shape index (κ3) is 2.05. The number of nitrogens with one attached hydrogen (secondary N) is 1. The van der Waals surface area contributed by atoms with Gasteiger partial charge in [-0.25, -0.2) is 0 Å². The lowest BCUT2D eigenvalue weighted by Crippen LogP contribution is -2.33. The molecular formula is C11H22N2. The summed E-state index contributed by atoms with van der Waals surface area (Å²) in [5.41, 5.74) is 0. The first-order valence-corrected chi connectivity index (χ1v) is 5.71. The van der Waals surface area contributed by atoms with Gasteiger partial charge in [0, 0.05) is 18.6 Å². The van der Waals surface area contributed by atoms with Crippen molar-refractivity contribution in [3.8, 4) is 0 Å². The van der Waals surface area contributed by atoms with Crippen molar-refractivity contribution < 1.29 is 0 Å². The number of hydrogen-bond donors (Lipinski definition) is 1. The molecule has 2 unspecified atom stereocenters. The van der Waals surface area contributed by atoms with Crippen molar-refractivity contribution in [3.05, 3.63) is 0 Å². The molecule has 3 atom stereocenters. The lowest BCUT2D eigenvalue weighted by molar-refractivity contribution is 0.236. The molecule has 76 valence electrons. The van der Waals surface area contributed by atoms with E-state index in [-0.39, 0.29) is 0 Å². The Bertz CT molecular complexity index is 169. The van der Waals surface area contributed by atoms with Gasteiger partial charge in [0.1, 0.15) is 0 Å². The molecule has 0 amide bonds. The van der Waals surface area contributed by atoms with Crippen LogP contribution in [-0.2, 0) is 0 Å². The summed E-state index contributed by atoms with van der Waals surface area (Å²) >= 11 is 0. The van der Waals surface area contributed by atoms with Crippen molar-refractivity contribution >= 4 is 0 Å². The van der Waals surface area contributed by atoms with Crippen LogP contribution in [-0.4, -0.2) is 37.1 Å². The molecule has 2 nitrogen and oxygen atoms in total. The fourth-order valence-electron chi connectivity index (χ4n) is 2.85. The van der Waals surface area contributed by atoms with Crippen LogP contribution < -0.4 is 5.32 Å². The molecule has 0 bridgehead atoms. The van der Waals surface area contributed by atoms with E-state index in [4.69, 9.17) is 0 Å². The van der Waals surface area contributed by atoms with Crippen LogP contribution >= 0.6 is 0 Å². The summed E-state index contributed by atoms with van der Waals surface area (Å²) in [7, 11) is 2.10. The summed E-state index contributed by atoms with van der Waals surface area (Å²) in [6.07, 6.45) is 5.59. The largest absolute Gasteiger partial charge is 0.317 e. The maximum atomic E-state index is 3.40. The summed E-state index contributed by atoms with van der Waals surface area (Å²) in [4.78, 5) is 2.71. The third-order valence-corrected chi connectivity index (χ3v) is 3.78. The van der Waals surface area contributed by atoms with Crippen molar-refractivity contribution in [2.24, 2.45) is 5.92 Å². The molecule has 2 heteroatoms.